The number of anilines is 1. The van der Waals surface area contributed by atoms with E-state index >= 15 is 0 Å². The topological polar surface area (TPSA) is 99.8 Å². The highest BCUT2D eigenvalue weighted by Gasteiger charge is 2.58. The van der Waals surface area contributed by atoms with Gasteiger partial charge in [0.05, 0.1) is 0 Å². The van der Waals surface area contributed by atoms with Gasteiger partial charge in [0.15, 0.2) is 0 Å². The lowest BCUT2D eigenvalue weighted by molar-refractivity contribution is -0.149. The zero-order valence-electron chi connectivity index (χ0n) is 14.2. The van der Waals surface area contributed by atoms with E-state index in [2.05, 4.69) is 9.88 Å². The number of aromatic nitrogens is 1. The van der Waals surface area contributed by atoms with E-state index < -0.39 is 11.4 Å². The third-order valence-electron chi connectivity index (χ3n) is 6.19. The fourth-order valence-electron chi connectivity index (χ4n) is 4.50. The highest BCUT2D eigenvalue weighted by Crippen LogP contribution is 2.44. The van der Waals surface area contributed by atoms with Crippen LogP contribution in [0.4, 0.5) is 5.82 Å². The quantitative estimate of drug-likeness (QED) is 0.838. The summed E-state index contributed by atoms with van der Waals surface area (Å²) >= 11 is 0. The lowest BCUT2D eigenvalue weighted by Crippen LogP contribution is -2.44. The number of aliphatic carboxylic acids is 1. The molecule has 1 aliphatic carbocycles. The number of carbonyl (C=O) groups excluding carboxylic acids is 1. The van der Waals surface area contributed by atoms with Gasteiger partial charge in [-0.25, -0.2) is 4.98 Å². The molecule has 0 bridgehead atoms. The number of nitrogens with two attached hydrogens (primary N) is 1. The number of carbonyl (C=O) groups is 2. The minimum atomic E-state index is -0.851. The number of nitrogen functional groups attached to an aromatic ring is 1. The lowest BCUT2D eigenvalue weighted by atomic mass is 9.81. The summed E-state index contributed by atoms with van der Waals surface area (Å²) in [4.78, 5) is 32.7. The number of carboxylic acids is 1. The first-order chi connectivity index (χ1) is 12.0. The number of fused-ring (bicyclic) bond motifs is 1. The van der Waals surface area contributed by atoms with Gasteiger partial charge in [0.1, 0.15) is 11.2 Å². The second kappa shape index (κ2) is 5.98. The lowest BCUT2D eigenvalue weighted by Gasteiger charge is -2.31. The molecule has 0 unspecified atom stereocenters. The minimum Gasteiger partial charge on any atom is -0.481 e. The van der Waals surface area contributed by atoms with Crippen molar-refractivity contribution in [1.82, 2.24) is 14.8 Å². The van der Waals surface area contributed by atoms with Gasteiger partial charge in [-0.2, -0.15) is 0 Å². The predicted molar refractivity (Wildman–Crippen MR) is 91.4 cm³/mol. The Kier molecular flexibility index (Phi) is 3.91. The molecular weight excluding hydrogens is 320 g/mol. The molecule has 7 heteroatoms. The summed E-state index contributed by atoms with van der Waals surface area (Å²) in [5, 5.41) is 9.92. The summed E-state index contributed by atoms with van der Waals surface area (Å²) in [5.41, 5.74) is 5.99. The van der Waals surface area contributed by atoms with Gasteiger partial charge in [0.25, 0.3) is 0 Å². The van der Waals surface area contributed by atoms with Gasteiger partial charge in [-0.3, -0.25) is 14.5 Å². The predicted octanol–water partition coefficient (Wildman–Crippen LogP) is 0.809. The standard InChI is InChI=1S/C18H24N4O3/c19-15-13(5-2-6-20-15)7-21-8-14-9-22(16(23)12-3-1-4-12)11-18(14,10-21)17(24)25/h2,5-6,12,14H,1,3-4,7-11H2,(H2,19,20)(H,24,25)/t14-,18-/m0/s1. The highest BCUT2D eigenvalue weighted by molar-refractivity contribution is 5.83. The van der Waals surface area contributed by atoms with E-state index in [-0.39, 0.29) is 17.7 Å². The van der Waals surface area contributed by atoms with Crippen LogP contribution in [0.25, 0.3) is 0 Å². The summed E-state index contributed by atoms with van der Waals surface area (Å²) in [6.45, 7) is 2.62. The summed E-state index contributed by atoms with van der Waals surface area (Å²) in [6.07, 6.45) is 4.66. The average molecular weight is 344 g/mol. The number of pyridine rings is 1. The van der Waals surface area contributed by atoms with Crippen LogP contribution in [0.15, 0.2) is 18.3 Å². The largest absolute Gasteiger partial charge is 0.481 e. The van der Waals surface area contributed by atoms with Gasteiger partial charge in [0.2, 0.25) is 5.91 Å². The maximum atomic E-state index is 12.5. The first-order valence-electron chi connectivity index (χ1n) is 8.93. The van der Waals surface area contributed by atoms with Crippen molar-refractivity contribution in [1.29, 1.82) is 0 Å². The number of rotatable bonds is 4. The van der Waals surface area contributed by atoms with Crippen LogP contribution in [0.2, 0.25) is 0 Å². The molecule has 2 atom stereocenters. The Labute approximate surface area is 146 Å². The molecule has 1 amide bonds. The van der Waals surface area contributed by atoms with Crippen molar-refractivity contribution < 1.29 is 14.7 Å². The Balaban J connectivity index is 1.48. The fourth-order valence-corrected chi connectivity index (χ4v) is 4.50. The molecule has 1 aromatic rings. The smallest absolute Gasteiger partial charge is 0.313 e. The van der Waals surface area contributed by atoms with E-state index in [1.54, 1.807) is 11.1 Å². The van der Waals surface area contributed by atoms with Crippen molar-refractivity contribution in [2.45, 2.75) is 25.8 Å². The fraction of sp³-hybridized carbons (Fsp3) is 0.611. The third kappa shape index (κ3) is 2.66. The second-order valence-electron chi connectivity index (χ2n) is 7.72. The monoisotopic (exact) mass is 344 g/mol. The first kappa shape index (κ1) is 16.3. The number of amides is 1. The summed E-state index contributed by atoms with van der Waals surface area (Å²) in [7, 11) is 0. The number of hydrogen-bond acceptors (Lipinski definition) is 5. The average Bonchev–Trinajstić information content (AvgIpc) is 3.02. The zero-order chi connectivity index (χ0) is 17.6. The molecule has 2 saturated heterocycles. The van der Waals surface area contributed by atoms with Crippen LogP contribution in [0.3, 0.4) is 0 Å². The molecule has 2 aliphatic heterocycles. The van der Waals surface area contributed by atoms with E-state index in [0.29, 0.717) is 38.5 Å². The van der Waals surface area contributed by atoms with Crippen molar-refractivity contribution in [3.05, 3.63) is 23.9 Å². The molecule has 7 nitrogen and oxygen atoms in total. The molecule has 3 fully saturated rings. The van der Waals surface area contributed by atoms with Crippen molar-refractivity contribution in [2.24, 2.45) is 17.3 Å². The van der Waals surface area contributed by atoms with Crippen molar-refractivity contribution in [3.8, 4) is 0 Å². The molecule has 0 aromatic carbocycles. The molecule has 1 aromatic heterocycles. The van der Waals surface area contributed by atoms with Gasteiger partial charge in [-0.15, -0.1) is 0 Å². The van der Waals surface area contributed by atoms with Crippen LogP contribution < -0.4 is 5.73 Å². The van der Waals surface area contributed by atoms with Gasteiger partial charge in [-0.05, 0) is 18.9 Å². The Morgan fingerprint density at radius 1 is 1.32 bits per heavy atom. The van der Waals surface area contributed by atoms with Crippen LogP contribution in [0.1, 0.15) is 24.8 Å². The van der Waals surface area contributed by atoms with E-state index in [0.717, 1.165) is 24.8 Å². The third-order valence-corrected chi connectivity index (χ3v) is 6.19. The van der Waals surface area contributed by atoms with Gasteiger partial charge < -0.3 is 15.7 Å². The molecule has 4 rings (SSSR count). The summed E-state index contributed by atoms with van der Waals surface area (Å²) in [6, 6.07) is 3.77. The molecular formula is C18H24N4O3. The number of hydrogen-bond donors (Lipinski definition) is 2. The molecule has 0 spiro atoms. The van der Waals surface area contributed by atoms with Crippen molar-refractivity contribution in [3.63, 3.8) is 0 Å². The molecule has 0 radical (unpaired) electrons. The van der Waals surface area contributed by atoms with E-state index in [4.69, 9.17) is 5.73 Å². The SMILES string of the molecule is Nc1ncccc1CN1C[C@H]2CN(C(=O)C3CCC3)C[C@@]2(C(=O)O)C1. The van der Waals surface area contributed by atoms with E-state index in [1.807, 2.05) is 12.1 Å². The normalized spacial score (nSPS) is 29.4. The molecule has 3 aliphatic rings. The maximum Gasteiger partial charge on any atom is 0.313 e. The van der Waals surface area contributed by atoms with Crippen LogP contribution >= 0.6 is 0 Å². The highest BCUT2D eigenvalue weighted by atomic mass is 16.4. The number of nitrogens with zero attached hydrogens (tertiary/aromatic N) is 3. The van der Waals surface area contributed by atoms with Crippen LogP contribution in [-0.4, -0.2) is 57.9 Å². The molecule has 25 heavy (non-hydrogen) atoms. The zero-order valence-corrected chi connectivity index (χ0v) is 14.2. The first-order valence-corrected chi connectivity index (χ1v) is 8.93. The Hall–Kier alpha value is -2.15. The number of carboxylic acid groups (broad SMARTS) is 1. The van der Waals surface area contributed by atoms with Gasteiger partial charge in [0, 0.05) is 56.3 Å². The molecule has 134 valence electrons. The Morgan fingerprint density at radius 2 is 2.12 bits per heavy atom. The molecule has 1 saturated carbocycles. The second-order valence-corrected chi connectivity index (χ2v) is 7.72. The van der Waals surface area contributed by atoms with Crippen LogP contribution in [0, 0.1) is 17.3 Å². The minimum absolute atomic E-state index is 0.0214. The van der Waals surface area contributed by atoms with Crippen molar-refractivity contribution >= 4 is 17.7 Å². The Bertz CT molecular complexity index is 705. The summed E-state index contributed by atoms with van der Waals surface area (Å²) < 4.78 is 0. The van der Waals surface area contributed by atoms with Crippen LogP contribution in [0.5, 0.6) is 0 Å². The molecule has 3 N–H and O–H groups in total. The van der Waals surface area contributed by atoms with Gasteiger partial charge >= 0.3 is 5.97 Å². The molecule has 3 heterocycles. The van der Waals surface area contributed by atoms with Gasteiger partial charge in [-0.1, -0.05) is 12.5 Å². The summed E-state index contributed by atoms with van der Waals surface area (Å²) in [5.74, 6) is -0.0407. The Morgan fingerprint density at radius 3 is 2.72 bits per heavy atom. The van der Waals surface area contributed by atoms with E-state index in [1.165, 1.54) is 0 Å². The van der Waals surface area contributed by atoms with Crippen LogP contribution in [-0.2, 0) is 16.1 Å². The number of likely N-dealkylation sites (tertiary alicyclic amines) is 2. The van der Waals surface area contributed by atoms with E-state index in [9.17, 15) is 14.7 Å². The maximum absolute atomic E-state index is 12.5. The van der Waals surface area contributed by atoms with Crippen molar-refractivity contribution in [2.75, 3.05) is 31.9 Å².